The van der Waals surface area contributed by atoms with Gasteiger partial charge in [-0.2, -0.15) is 0 Å². The lowest BCUT2D eigenvalue weighted by molar-refractivity contribution is 0.433. The molecule has 0 N–H and O–H groups in total. The van der Waals surface area contributed by atoms with E-state index in [1.54, 1.807) is 27.8 Å². The molecule has 0 radical (unpaired) electrons. The molecule has 1 aromatic rings. The van der Waals surface area contributed by atoms with Gasteiger partial charge in [-0.25, -0.2) is 0 Å². The van der Waals surface area contributed by atoms with Crippen LogP contribution in [-0.4, -0.2) is 3.42 Å². The van der Waals surface area contributed by atoms with E-state index in [1.807, 2.05) is 0 Å². The van der Waals surface area contributed by atoms with Crippen molar-refractivity contribution in [2.24, 2.45) is 5.41 Å². The van der Waals surface area contributed by atoms with Gasteiger partial charge in [-0.05, 0) is 118 Å². The summed E-state index contributed by atoms with van der Waals surface area (Å²) in [5.41, 5.74) is 8.71. The normalized spacial score (nSPS) is 20.2. The third-order valence-corrected chi connectivity index (χ3v) is 8.69. The standard InChI is InChI=1S/C23H35I/c1-5-22(12-13-22)10-7-9-21-17(2)16-20(18(3)19(21)4)8-6-11-23(24)14-15-23/h16H,5-15H2,1-4H3. The zero-order valence-corrected chi connectivity index (χ0v) is 18.4. The maximum Gasteiger partial charge on any atom is 0.0223 e. The summed E-state index contributed by atoms with van der Waals surface area (Å²) >= 11 is 2.69. The van der Waals surface area contributed by atoms with Crippen LogP contribution < -0.4 is 0 Å². The summed E-state index contributed by atoms with van der Waals surface area (Å²) in [5.74, 6) is 0. The maximum absolute atomic E-state index is 2.69. The molecule has 0 aromatic heterocycles. The van der Waals surface area contributed by atoms with Crippen molar-refractivity contribution in [3.8, 4) is 0 Å². The smallest absolute Gasteiger partial charge is 0.0223 e. The molecule has 3 rings (SSSR count). The second kappa shape index (κ2) is 7.29. The second-order valence-electron chi connectivity index (χ2n) is 8.79. The Morgan fingerprint density at radius 3 is 2.17 bits per heavy atom. The Bertz CT molecular complexity index is 591. The minimum Gasteiger partial charge on any atom is -0.0789 e. The van der Waals surface area contributed by atoms with Crippen LogP contribution in [0.2, 0.25) is 0 Å². The third kappa shape index (κ3) is 4.37. The van der Waals surface area contributed by atoms with Crippen molar-refractivity contribution in [3.05, 3.63) is 33.9 Å². The van der Waals surface area contributed by atoms with Gasteiger partial charge in [0, 0.05) is 3.42 Å². The lowest BCUT2D eigenvalue weighted by Crippen LogP contribution is -2.05. The monoisotopic (exact) mass is 438 g/mol. The lowest BCUT2D eigenvalue weighted by Gasteiger charge is -2.18. The quantitative estimate of drug-likeness (QED) is 0.278. The highest BCUT2D eigenvalue weighted by atomic mass is 127. The van der Waals surface area contributed by atoms with Crippen LogP contribution in [0.3, 0.4) is 0 Å². The van der Waals surface area contributed by atoms with Gasteiger partial charge < -0.3 is 0 Å². The number of alkyl halides is 1. The van der Waals surface area contributed by atoms with E-state index in [1.165, 1.54) is 70.6 Å². The highest BCUT2D eigenvalue weighted by molar-refractivity contribution is 14.1. The molecule has 0 spiro atoms. The molecule has 2 saturated carbocycles. The van der Waals surface area contributed by atoms with Gasteiger partial charge in [-0.3, -0.25) is 0 Å². The number of hydrogen-bond acceptors (Lipinski definition) is 0. The first-order chi connectivity index (χ1) is 11.4. The summed E-state index contributed by atoms with van der Waals surface area (Å²) in [6.45, 7) is 9.45. The van der Waals surface area contributed by atoms with E-state index in [0.29, 0.717) is 3.42 Å². The Morgan fingerprint density at radius 2 is 1.58 bits per heavy atom. The van der Waals surface area contributed by atoms with Crippen LogP contribution in [0.15, 0.2) is 6.07 Å². The van der Waals surface area contributed by atoms with Gasteiger partial charge in [0.2, 0.25) is 0 Å². The fourth-order valence-electron chi connectivity index (χ4n) is 4.44. The zero-order valence-electron chi connectivity index (χ0n) is 16.2. The van der Waals surface area contributed by atoms with E-state index in [-0.39, 0.29) is 0 Å². The van der Waals surface area contributed by atoms with E-state index in [0.717, 1.165) is 5.41 Å². The molecule has 0 bridgehead atoms. The highest BCUT2D eigenvalue weighted by Gasteiger charge is 2.39. The summed E-state index contributed by atoms with van der Waals surface area (Å²) in [6, 6.07) is 2.51. The SMILES string of the molecule is CCC1(CCCc2c(C)cc(CCCC3(I)CC3)c(C)c2C)CC1. The number of rotatable bonds is 9. The van der Waals surface area contributed by atoms with Crippen LogP contribution in [-0.2, 0) is 12.8 Å². The minimum absolute atomic E-state index is 0.674. The zero-order chi connectivity index (χ0) is 17.4. The number of hydrogen-bond donors (Lipinski definition) is 0. The van der Waals surface area contributed by atoms with Crippen molar-refractivity contribution in [1.29, 1.82) is 0 Å². The molecule has 0 aliphatic heterocycles. The first-order valence-electron chi connectivity index (χ1n) is 10.2. The Balaban J connectivity index is 1.59. The van der Waals surface area contributed by atoms with Gasteiger partial charge in [-0.1, -0.05) is 42.0 Å². The summed E-state index contributed by atoms with van der Waals surface area (Å²) in [6.07, 6.45) is 15.4. The molecule has 0 nitrogen and oxygen atoms in total. The number of benzene rings is 1. The molecule has 24 heavy (non-hydrogen) atoms. The predicted octanol–water partition coefficient (Wildman–Crippen LogP) is 7.42. The van der Waals surface area contributed by atoms with Crippen molar-refractivity contribution in [1.82, 2.24) is 0 Å². The minimum atomic E-state index is 0.674. The van der Waals surface area contributed by atoms with Gasteiger partial charge in [0.25, 0.3) is 0 Å². The third-order valence-electron chi connectivity index (χ3n) is 7.07. The van der Waals surface area contributed by atoms with Gasteiger partial charge in [0.05, 0.1) is 0 Å². The average Bonchev–Trinajstić information content (AvgIpc) is 3.47. The summed E-state index contributed by atoms with van der Waals surface area (Å²) in [5, 5.41) is 0. The van der Waals surface area contributed by atoms with Gasteiger partial charge in [0.15, 0.2) is 0 Å². The summed E-state index contributed by atoms with van der Waals surface area (Å²) in [7, 11) is 0. The molecular formula is C23H35I. The number of halogens is 1. The Hall–Kier alpha value is -0.0500. The van der Waals surface area contributed by atoms with Crippen molar-refractivity contribution in [3.63, 3.8) is 0 Å². The molecular weight excluding hydrogens is 403 g/mol. The largest absolute Gasteiger partial charge is 0.0789 e. The van der Waals surface area contributed by atoms with Gasteiger partial charge in [-0.15, -0.1) is 0 Å². The van der Waals surface area contributed by atoms with Crippen LogP contribution in [0.25, 0.3) is 0 Å². The molecule has 0 unspecified atom stereocenters. The van der Waals surface area contributed by atoms with E-state index >= 15 is 0 Å². The molecule has 0 saturated heterocycles. The molecule has 1 aromatic carbocycles. The Kier molecular flexibility index (Phi) is 5.69. The topological polar surface area (TPSA) is 0 Å². The van der Waals surface area contributed by atoms with Crippen molar-refractivity contribution >= 4 is 22.6 Å². The highest BCUT2D eigenvalue weighted by Crippen LogP contribution is 2.52. The molecule has 0 heterocycles. The fourth-order valence-corrected chi connectivity index (χ4v) is 5.09. The Morgan fingerprint density at radius 1 is 0.917 bits per heavy atom. The Labute approximate surface area is 163 Å². The van der Waals surface area contributed by atoms with Crippen LogP contribution in [0.5, 0.6) is 0 Å². The lowest BCUT2D eigenvalue weighted by atomic mass is 9.87. The van der Waals surface area contributed by atoms with Gasteiger partial charge >= 0.3 is 0 Å². The van der Waals surface area contributed by atoms with Crippen LogP contribution in [0, 0.1) is 26.2 Å². The molecule has 2 fully saturated rings. The first-order valence-corrected chi connectivity index (χ1v) is 11.2. The average molecular weight is 438 g/mol. The second-order valence-corrected chi connectivity index (χ2v) is 11.1. The van der Waals surface area contributed by atoms with E-state index in [4.69, 9.17) is 0 Å². The molecule has 2 aliphatic rings. The van der Waals surface area contributed by atoms with Crippen LogP contribution in [0.4, 0.5) is 0 Å². The van der Waals surface area contributed by atoms with E-state index < -0.39 is 0 Å². The maximum atomic E-state index is 2.69. The van der Waals surface area contributed by atoms with E-state index in [2.05, 4.69) is 56.4 Å². The molecule has 134 valence electrons. The fraction of sp³-hybridized carbons (Fsp3) is 0.739. The molecule has 0 atom stereocenters. The van der Waals surface area contributed by atoms with Crippen LogP contribution in [0.1, 0.15) is 92.5 Å². The van der Waals surface area contributed by atoms with Crippen LogP contribution >= 0.6 is 22.6 Å². The summed E-state index contributed by atoms with van der Waals surface area (Å²) < 4.78 is 0.674. The number of aryl methyl sites for hydroxylation is 2. The van der Waals surface area contributed by atoms with Gasteiger partial charge in [0.1, 0.15) is 0 Å². The van der Waals surface area contributed by atoms with E-state index in [9.17, 15) is 0 Å². The molecule has 0 amide bonds. The van der Waals surface area contributed by atoms with Crippen molar-refractivity contribution < 1.29 is 0 Å². The molecule has 1 heteroatoms. The van der Waals surface area contributed by atoms with Crippen molar-refractivity contribution in [2.45, 2.75) is 102 Å². The molecule has 2 aliphatic carbocycles. The predicted molar refractivity (Wildman–Crippen MR) is 114 cm³/mol. The van der Waals surface area contributed by atoms with Crippen molar-refractivity contribution in [2.75, 3.05) is 0 Å². The first kappa shape index (κ1) is 18.7. The summed E-state index contributed by atoms with van der Waals surface area (Å²) in [4.78, 5) is 0.